The maximum Gasteiger partial charge on any atom is 0.243 e. The van der Waals surface area contributed by atoms with E-state index >= 15 is 0 Å². The highest BCUT2D eigenvalue weighted by Crippen LogP contribution is 2.19. The number of amides is 2. The molecular weight excluding hydrogens is 418 g/mol. The molecule has 0 heterocycles. The van der Waals surface area contributed by atoms with Gasteiger partial charge in [-0.3, -0.25) is 9.59 Å². The average Bonchev–Trinajstić information content (AvgIpc) is 2.76. The van der Waals surface area contributed by atoms with Gasteiger partial charge < -0.3 is 10.2 Å². The van der Waals surface area contributed by atoms with Crippen LogP contribution in [0.3, 0.4) is 0 Å². The molecule has 7 heteroatoms. The molecule has 0 fully saturated rings. The highest BCUT2D eigenvalue weighted by Gasteiger charge is 2.29. The van der Waals surface area contributed by atoms with Gasteiger partial charge in [0.2, 0.25) is 11.8 Å². The van der Waals surface area contributed by atoms with Crippen molar-refractivity contribution in [3.63, 3.8) is 0 Å². The van der Waals surface area contributed by atoms with Crippen LogP contribution >= 0.6 is 11.8 Å². The van der Waals surface area contributed by atoms with Gasteiger partial charge in [-0.2, -0.15) is 0 Å². The molecule has 0 aliphatic carbocycles. The van der Waals surface area contributed by atoms with E-state index in [1.807, 2.05) is 20.8 Å². The third-order valence-electron chi connectivity index (χ3n) is 5.09. The highest BCUT2D eigenvalue weighted by molar-refractivity contribution is 7.99. The molecule has 2 unspecified atom stereocenters. The van der Waals surface area contributed by atoms with Crippen molar-refractivity contribution in [3.8, 4) is 0 Å². The predicted octanol–water partition coefficient (Wildman–Crippen LogP) is 4.92. The van der Waals surface area contributed by atoms with Gasteiger partial charge in [0.15, 0.2) is 0 Å². The number of benzene rings is 2. The van der Waals surface area contributed by atoms with E-state index in [0.717, 1.165) is 12.0 Å². The largest absolute Gasteiger partial charge is 0.352 e. The van der Waals surface area contributed by atoms with Gasteiger partial charge >= 0.3 is 0 Å². The minimum absolute atomic E-state index is 0.000228. The maximum absolute atomic E-state index is 13.8. The zero-order chi connectivity index (χ0) is 22.8. The molecule has 31 heavy (non-hydrogen) atoms. The summed E-state index contributed by atoms with van der Waals surface area (Å²) in [5.41, 5.74) is 1.27. The Morgan fingerprint density at radius 2 is 1.71 bits per heavy atom. The normalized spacial score (nSPS) is 12.8. The smallest absolute Gasteiger partial charge is 0.243 e. The molecule has 2 aromatic rings. The Morgan fingerprint density at radius 1 is 1.03 bits per heavy atom. The maximum atomic E-state index is 13.8. The van der Waals surface area contributed by atoms with E-state index in [-0.39, 0.29) is 41.8 Å². The SMILES string of the molecule is CCC(C)NC(=O)C(CC)N(Cc1ccc(F)cc1)C(=O)CSCc1ccccc1F. The topological polar surface area (TPSA) is 49.4 Å². The Balaban J connectivity index is 2.14. The van der Waals surface area contributed by atoms with Crippen molar-refractivity contribution in [2.75, 3.05) is 5.75 Å². The first-order valence-electron chi connectivity index (χ1n) is 10.5. The number of nitrogens with zero attached hydrogens (tertiary/aromatic N) is 1. The van der Waals surface area contributed by atoms with Gasteiger partial charge in [-0.1, -0.05) is 44.2 Å². The number of rotatable bonds is 11. The summed E-state index contributed by atoms with van der Waals surface area (Å²) in [4.78, 5) is 27.5. The van der Waals surface area contributed by atoms with Crippen LogP contribution in [0.4, 0.5) is 8.78 Å². The molecule has 0 aromatic heterocycles. The monoisotopic (exact) mass is 448 g/mol. The second-order valence-electron chi connectivity index (χ2n) is 7.47. The Labute approximate surface area is 187 Å². The van der Waals surface area contributed by atoms with Crippen LogP contribution in [0.2, 0.25) is 0 Å². The molecule has 0 radical (unpaired) electrons. The van der Waals surface area contributed by atoms with Crippen LogP contribution in [0, 0.1) is 11.6 Å². The summed E-state index contributed by atoms with van der Waals surface area (Å²) in [5, 5.41) is 2.95. The van der Waals surface area contributed by atoms with E-state index in [9.17, 15) is 18.4 Å². The second kappa shape index (κ2) is 12.4. The summed E-state index contributed by atoms with van der Waals surface area (Å²) in [6, 6.07) is 11.7. The van der Waals surface area contributed by atoms with E-state index in [0.29, 0.717) is 17.7 Å². The number of carbonyl (C=O) groups is 2. The van der Waals surface area contributed by atoms with Crippen LogP contribution in [0.25, 0.3) is 0 Å². The molecule has 168 valence electrons. The lowest BCUT2D eigenvalue weighted by atomic mass is 10.1. The van der Waals surface area contributed by atoms with Crippen molar-refractivity contribution < 1.29 is 18.4 Å². The van der Waals surface area contributed by atoms with Crippen molar-refractivity contribution in [1.82, 2.24) is 10.2 Å². The summed E-state index contributed by atoms with van der Waals surface area (Å²) < 4.78 is 27.1. The van der Waals surface area contributed by atoms with Crippen LogP contribution in [-0.2, 0) is 21.9 Å². The second-order valence-corrected chi connectivity index (χ2v) is 8.46. The van der Waals surface area contributed by atoms with Crippen molar-refractivity contribution in [2.24, 2.45) is 0 Å². The van der Waals surface area contributed by atoms with Gasteiger partial charge in [0.25, 0.3) is 0 Å². The number of carbonyl (C=O) groups excluding carboxylic acids is 2. The predicted molar refractivity (Wildman–Crippen MR) is 121 cm³/mol. The standard InChI is InChI=1S/C24H30F2N2O2S/c1-4-17(3)27-24(30)22(5-2)28(14-18-10-12-20(25)13-11-18)23(29)16-31-15-19-8-6-7-9-21(19)26/h6-13,17,22H,4-5,14-16H2,1-3H3,(H,27,30). The highest BCUT2D eigenvalue weighted by atomic mass is 32.2. The Morgan fingerprint density at radius 3 is 2.32 bits per heavy atom. The van der Waals surface area contributed by atoms with Crippen LogP contribution in [0.5, 0.6) is 0 Å². The van der Waals surface area contributed by atoms with Gasteiger partial charge in [-0.15, -0.1) is 11.8 Å². The molecule has 0 spiro atoms. The lowest BCUT2D eigenvalue weighted by Gasteiger charge is -2.31. The Bertz CT molecular complexity index is 861. The van der Waals surface area contributed by atoms with E-state index in [1.54, 1.807) is 35.2 Å². The van der Waals surface area contributed by atoms with Crippen molar-refractivity contribution in [3.05, 3.63) is 71.3 Å². The molecule has 0 aliphatic rings. The minimum atomic E-state index is -0.638. The lowest BCUT2D eigenvalue weighted by molar-refractivity contribution is -0.139. The van der Waals surface area contributed by atoms with E-state index < -0.39 is 6.04 Å². The van der Waals surface area contributed by atoms with Gasteiger partial charge in [0.1, 0.15) is 17.7 Å². The third kappa shape index (κ3) is 7.65. The van der Waals surface area contributed by atoms with Gasteiger partial charge in [-0.25, -0.2) is 8.78 Å². The fraction of sp³-hybridized carbons (Fsp3) is 0.417. The van der Waals surface area contributed by atoms with Gasteiger partial charge in [0.05, 0.1) is 5.75 Å². The summed E-state index contributed by atoms with van der Waals surface area (Å²) in [5.74, 6) is -0.599. The van der Waals surface area contributed by atoms with E-state index in [1.165, 1.54) is 30.0 Å². The van der Waals surface area contributed by atoms with Crippen LogP contribution in [0.1, 0.15) is 44.7 Å². The number of hydrogen-bond acceptors (Lipinski definition) is 3. The molecule has 2 aromatic carbocycles. The first-order chi connectivity index (χ1) is 14.8. The first-order valence-corrected chi connectivity index (χ1v) is 11.7. The number of halogens is 2. The number of thioether (sulfide) groups is 1. The number of nitrogens with one attached hydrogen (secondary N) is 1. The van der Waals surface area contributed by atoms with E-state index in [4.69, 9.17) is 0 Å². The van der Waals surface area contributed by atoms with Crippen LogP contribution in [0.15, 0.2) is 48.5 Å². The van der Waals surface area contributed by atoms with Gasteiger partial charge in [0, 0.05) is 18.3 Å². The fourth-order valence-electron chi connectivity index (χ4n) is 3.09. The zero-order valence-electron chi connectivity index (χ0n) is 18.2. The van der Waals surface area contributed by atoms with Crippen molar-refractivity contribution >= 4 is 23.6 Å². The third-order valence-corrected chi connectivity index (χ3v) is 6.06. The lowest BCUT2D eigenvalue weighted by Crippen LogP contribution is -2.51. The Hall–Kier alpha value is -2.41. The zero-order valence-corrected chi connectivity index (χ0v) is 19.1. The first kappa shape index (κ1) is 24.9. The molecule has 2 atom stereocenters. The molecule has 0 bridgehead atoms. The molecule has 0 aliphatic heterocycles. The molecule has 2 rings (SSSR count). The van der Waals surface area contributed by atoms with Gasteiger partial charge in [-0.05, 0) is 49.1 Å². The summed E-state index contributed by atoms with van der Waals surface area (Å²) in [7, 11) is 0. The molecular formula is C24H30F2N2O2S. The minimum Gasteiger partial charge on any atom is -0.352 e. The van der Waals surface area contributed by atoms with Crippen LogP contribution < -0.4 is 5.32 Å². The number of hydrogen-bond donors (Lipinski definition) is 1. The van der Waals surface area contributed by atoms with Crippen molar-refractivity contribution in [2.45, 2.75) is 58.0 Å². The fourth-order valence-corrected chi connectivity index (χ4v) is 3.99. The molecule has 4 nitrogen and oxygen atoms in total. The average molecular weight is 449 g/mol. The van der Waals surface area contributed by atoms with Crippen LogP contribution in [-0.4, -0.2) is 34.6 Å². The molecule has 1 N–H and O–H groups in total. The van der Waals surface area contributed by atoms with E-state index in [2.05, 4.69) is 5.32 Å². The summed E-state index contributed by atoms with van der Waals surface area (Å²) in [6.07, 6.45) is 1.24. The quantitative estimate of drug-likeness (QED) is 0.531. The summed E-state index contributed by atoms with van der Waals surface area (Å²) >= 11 is 1.31. The molecule has 2 amide bonds. The molecule has 0 saturated carbocycles. The summed E-state index contributed by atoms with van der Waals surface area (Å²) in [6.45, 7) is 5.96. The van der Waals surface area contributed by atoms with Crippen molar-refractivity contribution in [1.29, 1.82) is 0 Å². The molecule has 0 saturated heterocycles. The Kier molecular flexibility index (Phi) is 9.98.